The number of rotatable bonds is 6. The molecule has 0 saturated heterocycles. The molecule has 178 valence electrons. The van der Waals surface area contributed by atoms with Gasteiger partial charge >= 0.3 is 0 Å². The van der Waals surface area contributed by atoms with Crippen LogP contribution in [-0.2, 0) is 4.79 Å². The Morgan fingerprint density at radius 2 is 1.76 bits per heavy atom. The summed E-state index contributed by atoms with van der Waals surface area (Å²) in [5, 5.41) is 2.90. The highest BCUT2D eigenvalue weighted by atomic mass is 32.1. The molecule has 0 fully saturated rings. The Morgan fingerprint density at radius 3 is 2.29 bits per heavy atom. The van der Waals surface area contributed by atoms with E-state index in [1.807, 2.05) is 39.8 Å². The average molecular weight is 484 g/mol. The summed E-state index contributed by atoms with van der Waals surface area (Å²) < 4.78 is 18.1. The maximum absolute atomic E-state index is 14.2. The Bertz CT molecular complexity index is 1230. The van der Waals surface area contributed by atoms with Crippen LogP contribution in [0.5, 0.6) is 0 Å². The molecule has 1 heterocycles. The number of aryl methyl sites for hydroxylation is 1. The largest absolute Gasteiger partial charge is 0.395 e. The molecule has 3 amide bonds. The summed E-state index contributed by atoms with van der Waals surface area (Å²) in [6.07, 6.45) is 0. The van der Waals surface area contributed by atoms with Gasteiger partial charge in [-0.05, 0) is 63.0 Å². The van der Waals surface area contributed by atoms with Crippen molar-refractivity contribution in [2.75, 3.05) is 10.6 Å². The van der Waals surface area contributed by atoms with Gasteiger partial charge in [0.2, 0.25) is 5.91 Å². The normalized spacial score (nSPS) is 12.1. The van der Waals surface area contributed by atoms with Crippen molar-refractivity contribution in [3.63, 3.8) is 0 Å². The van der Waals surface area contributed by atoms with E-state index < -0.39 is 35.1 Å². The van der Waals surface area contributed by atoms with E-state index in [-0.39, 0.29) is 21.9 Å². The van der Waals surface area contributed by atoms with Crippen molar-refractivity contribution in [1.29, 1.82) is 0 Å². The molecule has 1 aromatic heterocycles. The fourth-order valence-electron chi connectivity index (χ4n) is 3.35. The molecular weight excluding hydrogens is 457 g/mol. The number of hydrogen-bond acceptors (Lipinski definition) is 6. The lowest BCUT2D eigenvalue weighted by Gasteiger charge is -2.33. The topological polar surface area (TPSA) is 131 Å². The van der Waals surface area contributed by atoms with Gasteiger partial charge in [0.05, 0.1) is 5.69 Å². The fraction of sp³-hybridized carbons (Fsp3) is 0.250. The molecule has 0 radical (unpaired) electrons. The van der Waals surface area contributed by atoms with Gasteiger partial charge in [-0.25, -0.2) is 4.39 Å². The number of halogens is 1. The number of carbonyl (C=O) groups excluding carboxylic acids is 3. The molecule has 8 nitrogen and oxygen atoms in total. The van der Waals surface area contributed by atoms with Gasteiger partial charge in [-0.2, -0.15) is 4.37 Å². The summed E-state index contributed by atoms with van der Waals surface area (Å²) in [7, 11) is 0. The zero-order valence-electron chi connectivity index (χ0n) is 19.3. The molecule has 34 heavy (non-hydrogen) atoms. The predicted octanol–water partition coefficient (Wildman–Crippen LogP) is 3.57. The Labute approximate surface area is 200 Å². The molecule has 0 aliphatic heterocycles. The first kappa shape index (κ1) is 24.8. The number of nitrogens with two attached hydrogens (primary N) is 2. The van der Waals surface area contributed by atoms with E-state index in [1.54, 1.807) is 12.1 Å². The minimum Gasteiger partial charge on any atom is -0.395 e. The molecule has 1 unspecified atom stereocenters. The van der Waals surface area contributed by atoms with Crippen LogP contribution in [-0.4, -0.2) is 27.6 Å². The lowest BCUT2D eigenvalue weighted by atomic mass is 9.99. The zero-order valence-corrected chi connectivity index (χ0v) is 20.1. The molecule has 2 aromatic carbocycles. The van der Waals surface area contributed by atoms with E-state index in [0.29, 0.717) is 17.1 Å². The minimum atomic E-state index is -1.17. The van der Waals surface area contributed by atoms with Crippen LogP contribution >= 0.6 is 11.5 Å². The second kappa shape index (κ2) is 9.60. The Hall–Kier alpha value is -3.79. The SMILES string of the molecule is Cc1ccc(C(C(=O)NC(C)(C)C)N(C(=O)c2snc(C(N)=O)c2N)c2cccc(F)c2)cc1. The molecule has 0 saturated carbocycles. The lowest BCUT2D eigenvalue weighted by Crippen LogP contribution is -2.49. The third kappa shape index (κ3) is 5.40. The number of anilines is 2. The number of aromatic nitrogens is 1. The van der Waals surface area contributed by atoms with Crippen molar-refractivity contribution in [3.05, 3.63) is 76.0 Å². The fourth-order valence-corrected chi connectivity index (χ4v) is 4.09. The van der Waals surface area contributed by atoms with Gasteiger partial charge in [0.25, 0.3) is 11.8 Å². The highest BCUT2D eigenvalue weighted by Crippen LogP contribution is 2.33. The van der Waals surface area contributed by atoms with Crippen molar-refractivity contribution in [2.45, 2.75) is 39.3 Å². The van der Waals surface area contributed by atoms with E-state index >= 15 is 0 Å². The minimum absolute atomic E-state index is 0.0845. The van der Waals surface area contributed by atoms with E-state index in [0.717, 1.165) is 16.5 Å². The number of primary amides is 1. The summed E-state index contributed by atoms with van der Waals surface area (Å²) in [4.78, 5) is 40.1. The van der Waals surface area contributed by atoms with E-state index in [4.69, 9.17) is 11.5 Å². The van der Waals surface area contributed by atoms with Crippen LogP contribution in [0.3, 0.4) is 0 Å². The zero-order chi connectivity index (χ0) is 25.2. The third-order valence-electron chi connectivity index (χ3n) is 4.86. The maximum atomic E-state index is 14.2. The predicted molar refractivity (Wildman–Crippen MR) is 130 cm³/mol. The Balaban J connectivity index is 2.24. The standard InChI is InChI=1S/C24H26FN5O3S/c1-13-8-10-14(11-9-13)19(22(32)28-24(2,3)4)30(16-7-5-6-15(25)12-16)23(33)20-17(26)18(21(27)31)29-34-20/h5-12,19H,26H2,1-4H3,(H2,27,31)(H,28,32). The van der Waals surface area contributed by atoms with Crippen molar-refractivity contribution >= 4 is 40.6 Å². The molecule has 5 N–H and O–H groups in total. The Kier molecular flexibility index (Phi) is 7.01. The van der Waals surface area contributed by atoms with Crippen LogP contribution in [0.4, 0.5) is 15.8 Å². The number of hydrogen-bond donors (Lipinski definition) is 3. The second-order valence-corrected chi connectivity index (χ2v) is 9.62. The number of carbonyl (C=O) groups is 3. The number of benzene rings is 2. The number of nitrogen functional groups attached to an aromatic ring is 1. The summed E-state index contributed by atoms with van der Waals surface area (Å²) in [6, 6.07) is 11.2. The van der Waals surface area contributed by atoms with Gasteiger partial charge in [-0.1, -0.05) is 35.9 Å². The molecule has 0 aliphatic rings. The lowest BCUT2D eigenvalue weighted by molar-refractivity contribution is -0.123. The van der Waals surface area contributed by atoms with Gasteiger partial charge in [-0.15, -0.1) is 0 Å². The van der Waals surface area contributed by atoms with Crippen LogP contribution in [0, 0.1) is 12.7 Å². The Morgan fingerprint density at radius 1 is 1.12 bits per heavy atom. The molecular formula is C24H26FN5O3S. The monoisotopic (exact) mass is 483 g/mol. The highest BCUT2D eigenvalue weighted by Gasteiger charge is 2.37. The molecule has 0 bridgehead atoms. The molecule has 3 rings (SSSR count). The smallest absolute Gasteiger partial charge is 0.273 e. The van der Waals surface area contributed by atoms with Crippen molar-refractivity contribution in [2.24, 2.45) is 5.73 Å². The van der Waals surface area contributed by atoms with E-state index in [1.165, 1.54) is 18.2 Å². The molecule has 3 aromatic rings. The highest BCUT2D eigenvalue weighted by molar-refractivity contribution is 7.09. The van der Waals surface area contributed by atoms with Crippen molar-refractivity contribution in [3.8, 4) is 0 Å². The van der Waals surface area contributed by atoms with Crippen molar-refractivity contribution in [1.82, 2.24) is 9.69 Å². The van der Waals surface area contributed by atoms with Crippen LogP contribution in [0.25, 0.3) is 0 Å². The average Bonchev–Trinajstić information content (AvgIpc) is 3.12. The molecule has 0 aliphatic carbocycles. The van der Waals surface area contributed by atoms with Crippen LogP contribution < -0.4 is 21.7 Å². The van der Waals surface area contributed by atoms with E-state index in [9.17, 15) is 18.8 Å². The number of nitrogens with zero attached hydrogens (tertiary/aromatic N) is 2. The van der Waals surface area contributed by atoms with Gasteiger partial charge in [-0.3, -0.25) is 19.3 Å². The van der Waals surface area contributed by atoms with Crippen molar-refractivity contribution < 1.29 is 18.8 Å². The summed E-state index contributed by atoms with van der Waals surface area (Å²) in [6.45, 7) is 7.33. The van der Waals surface area contributed by atoms with Gasteiger partial charge in [0.15, 0.2) is 5.69 Å². The number of amides is 3. The quantitative estimate of drug-likeness (QED) is 0.493. The van der Waals surface area contributed by atoms with Gasteiger partial charge in [0.1, 0.15) is 16.7 Å². The molecule has 1 atom stereocenters. The number of nitrogens with one attached hydrogen (secondary N) is 1. The van der Waals surface area contributed by atoms with Crippen LogP contribution in [0.1, 0.15) is 58.1 Å². The first-order valence-electron chi connectivity index (χ1n) is 10.4. The molecule has 0 spiro atoms. The summed E-state index contributed by atoms with van der Waals surface area (Å²) >= 11 is 0.687. The maximum Gasteiger partial charge on any atom is 0.273 e. The van der Waals surface area contributed by atoms with Crippen LogP contribution in [0.15, 0.2) is 48.5 Å². The van der Waals surface area contributed by atoms with E-state index in [2.05, 4.69) is 9.69 Å². The van der Waals surface area contributed by atoms with Crippen LogP contribution in [0.2, 0.25) is 0 Å². The molecule has 10 heteroatoms. The first-order chi connectivity index (χ1) is 15.9. The summed E-state index contributed by atoms with van der Waals surface area (Å²) in [5.74, 6) is -2.68. The third-order valence-corrected chi connectivity index (χ3v) is 5.71. The van der Waals surface area contributed by atoms with Gasteiger partial charge in [0, 0.05) is 11.2 Å². The first-order valence-corrected chi connectivity index (χ1v) is 11.2. The second-order valence-electron chi connectivity index (χ2n) is 8.85. The summed E-state index contributed by atoms with van der Waals surface area (Å²) in [5.41, 5.74) is 11.9. The van der Waals surface area contributed by atoms with Gasteiger partial charge < -0.3 is 16.8 Å².